The van der Waals surface area contributed by atoms with Crippen molar-refractivity contribution in [3.63, 3.8) is 0 Å². The molecule has 35 heavy (non-hydrogen) atoms. The topological polar surface area (TPSA) is 103 Å². The maximum Gasteiger partial charge on any atom is 0.317 e. The van der Waals surface area contributed by atoms with E-state index in [9.17, 15) is 19.5 Å². The molecule has 4 unspecified atom stereocenters. The lowest BCUT2D eigenvalue weighted by molar-refractivity contribution is -0.174. The first-order valence-electron chi connectivity index (χ1n) is 11.4. The molecule has 1 aliphatic rings. The number of rotatable bonds is 7. The highest BCUT2D eigenvalue weighted by Gasteiger charge is 2.57. The molecule has 1 N–H and O–H groups in total. The molecule has 0 spiro atoms. The van der Waals surface area contributed by atoms with Gasteiger partial charge in [0.25, 0.3) is 0 Å². The summed E-state index contributed by atoms with van der Waals surface area (Å²) in [6.07, 6.45) is 2.67. The summed E-state index contributed by atoms with van der Waals surface area (Å²) in [5.74, 6) is -5.38. The van der Waals surface area contributed by atoms with E-state index in [1.165, 1.54) is 13.1 Å². The van der Waals surface area contributed by atoms with Crippen LogP contribution in [0.2, 0.25) is 0 Å². The SMILES string of the molecule is CC1(O)CC(=O)C(C(=O)OCc2ccccc2)C(c2cccnc2)C1C(=O)OCc1ccccc1. The van der Waals surface area contributed by atoms with E-state index >= 15 is 0 Å². The van der Waals surface area contributed by atoms with Crippen LogP contribution in [0.5, 0.6) is 0 Å². The number of ether oxygens (including phenoxy) is 2. The van der Waals surface area contributed by atoms with Crippen LogP contribution in [0, 0.1) is 11.8 Å². The molecular formula is C28H27NO6. The van der Waals surface area contributed by atoms with Crippen LogP contribution in [0.25, 0.3) is 0 Å². The predicted molar refractivity (Wildman–Crippen MR) is 127 cm³/mol. The summed E-state index contributed by atoms with van der Waals surface area (Å²) >= 11 is 0. The fourth-order valence-electron chi connectivity index (χ4n) is 4.63. The maximum absolute atomic E-state index is 13.4. The second-order valence-corrected chi connectivity index (χ2v) is 8.95. The number of hydrogen-bond acceptors (Lipinski definition) is 7. The van der Waals surface area contributed by atoms with Crippen molar-refractivity contribution in [1.29, 1.82) is 0 Å². The number of ketones is 1. The van der Waals surface area contributed by atoms with Crippen LogP contribution in [0.3, 0.4) is 0 Å². The highest BCUT2D eigenvalue weighted by molar-refractivity contribution is 6.02. The molecule has 3 aromatic rings. The highest BCUT2D eigenvalue weighted by Crippen LogP contribution is 2.46. The highest BCUT2D eigenvalue weighted by atomic mass is 16.5. The van der Waals surface area contributed by atoms with E-state index < -0.39 is 41.1 Å². The van der Waals surface area contributed by atoms with E-state index in [4.69, 9.17) is 9.47 Å². The lowest BCUT2D eigenvalue weighted by atomic mass is 9.62. The van der Waals surface area contributed by atoms with E-state index in [2.05, 4.69) is 4.98 Å². The first-order chi connectivity index (χ1) is 16.9. The van der Waals surface area contributed by atoms with E-state index in [1.54, 1.807) is 18.3 Å². The Morgan fingerprint density at radius 2 is 1.49 bits per heavy atom. The standard InChI is InChI=1S/C28H27NO6/c1-28(33)15-22(30)24(26(31)34-17-19-9-4-2-5-10-19)23(21-13-8-14-29-16-21)25(28)27(32)35-18-20-11-6-3-7-12-20/h2-14,16,23-25,33H,15,17-18H2,1H3. The van der Waals surface area contributed by atoms with Gasteiger partial charge in [0.1, 0.15) is 19.1 Å². The van der Waals surface area contributed by atoms with Crippen LogP contribution in [-0.2, 0) is 37.1 Å². The molecular weight excluding hydrogens is 446 g/mol. The van der Waals surface area contributed by atoms with Crippen LogP contribution < -0.4 is 0 Å². The van der Waals surface area contributed by atoms with Crippen molar-refractivity contribution < 1.29 is 29.0 Å². The van der Waals surface area contributed by atoms with Crippen molar-refractivity contribution in [1.82, 2.24) is 4.98 Å². The molecule has 4 rings (SSSR count). The third kappa shape index (κ3) is 5.63. The zero-order chi connectivity index (χ0) is 24.8. The molecule has 0 aliphatic heterocycles. The first kappa shape index (κ1) is 24.3. The van der Waals surface area contributed by atoms with Crippen LogP contribution in [-0.4, -0.2) is 33.4 Å². The Morgan fingerprint density at radius 3 is 2.03 bits per heavy atom. The average molecular weight is 474 g/mol. The molecule has 1 aliphatic carbocycles. The summed E-state index contributed by atoms with van der Waals surface area (Å²) < 4.78 is 11.1. The van der Waals surface area contributed by atoms with Crippen molar-refractivity contribution in [3.8, 4) is 0 Å². The van der Waals surface area contributed by atoms with Gasteiger partial charge in [-0.2, -0.15) is 0 Å². The molecule has 0 saturated heterocycles. The summed E-state index contributed by atoms with van der Waals surface area (Å²) in [5, 5.41) is 11.2. The summed E-state index contributed by atoms with van der Waals surface area (Å²) in [7, 11) is 0. The Labute approximate surface area is 203 Å². The smallest absolute Gasteiger partial charge is 0.317 e. The van der Waals surface area contributed by atoms with Gasteiger partial charge >= 0.3 is 11.9 Å². The summed E-state index contributed by atoms with van der Waals surface area (Å²) in [6.45, 7) is 1.42. The van der Waals surface area contributed by atoms with Crippen molar-refractivity contribution >= 4 is 17.7 Å². The minimum Gasteiger partial charge on any atom is -0.461 e. The molecule has 7 nitrogen and oxygen atoms in total. The van der Waals surface area contributed by atoms with Gasteiger partial charge in [-0.3, -0.25) is 19.4 Å². The fourth-order valence-corrected chi connectivity index (χ4v) is 4.63. The second-order valence-electron chi connectivity index (χ2n) is 8.95. The largest absolute Gasteiger partial charge is 0.461 e. The second kappa shape index (κ2) is 10.6. The number of carbonyl (C=O) groups excluding carboxylic acids is 3. The number of hydrogen-bond donors (Lipinski definition) is 1. The molecule has 1 aromatic heterocycles. The zero-order valence-corrected chi connectivity index (χ0v) is 19.4. The van der Waals surface area contributed by atoms with Gasteiger partial charge in [-0.15, -0.1) is 0 Å². The van der Waals surface area contributed by atoms with Crippen LogP contribution in [0.4, 0.5) is 0 Å². The Kier molecular flexibility index (Phi) is 7.36. The third-order valence-electron chi connectivity index (χ3n) is 6.29. The van der Waals surface area contributed by atoms with Gasteiger partial charge in [0.15, 0.2) is 5.78 Å². The summed E-state index contributed by atoms with van der Waals surface area (Å²) in [5.41, 5.74) is 0.308. The minimum absolute atomic E-state index is 0.00306. The van der Waals surface area contributed by atoms with E-state index in [1.807, 2.05) is 60.7 Å². The Bertz CT molecular complexity index is 1160. The molecule has 7 heteroatoms. The molecule has 1 heterocycles. The van der Waals surface area contributed by atoms with Gasteiger partial charge in [0, 0.05) is 24.7 Å². The molecule has 1 saturated carbocycles. The molecule has 2 aromatic carbocycles. The molecule has 4 atom stereocenters. The van der Waals surface area contributed by atoms with Crippen molar-refractivity contribution in [2.24, 2.45) is 11.8 Å². The van der Waals surface area contributed by atoms with Crippen LogP contribution in [0.1, 0.15) is 36.0 Å². The maximum atomic E-state index is 13.4. The lowest BCUT2D eigenvalue weighted by Crippen LogP contribution is -2.55. The van der Waals surface area contributed by atoms with E-state index in [-0.39, 0.29) is 19.6 Å². The first-order valence-corrected chi connectivity index (χ1v) is 11.4. The van der Waals surface area contributed by atoms with Gasteiger partial charge in [-0.1, -0.05) is 66.7 Å². The number of carbonyl (C=O) groups is 3. The molecule has 1 fully saturated rings. The third-order valence-corrected chi connectivity index (χ3v) is 6.29. The van der Waals surface area contributed by atoms with Gasteiger partial charge in [0.2, 0.25) is 0 Å². The van der Waals surface area contributed by atoms with Crippen molar-refractivity contribution in [2.75, 3.05) is 0 Å². The van der Waals surface area contributed by atoms with Crippen molar-refractivity contribution in [3.05, 3.63) is 102 Å². The van der Waals surface area contributed by atoms with Crippen LogP contribution in [0.15, 0.2) is 85.2 Å². The number of Topliss-reactive ketones (excluding diaryl/α,β-unsaturated/α-hetero) is 1. The van der Waals surface area contributed by atoms with Gasteiger partial charge in [-0.25, -0.2) is 0 Å². The summed E-state index contributed by atoms with van der Waals surface area (Å²) in [6, 6.07) is 21.6. The Hall–Kier alpha value is -3.84. The van der Waals surface area contributed by atoms with Gasteiger partial charge in [-0.05, 0) is 29.7 Å². The molecule has 0 amide bonds. The molecule has 180 valence electrons. The number of aromatic nitrogens is 1. The van der Waals surface area contributed by atoms with Crippen molar-refractivity contribution in [2.45, 2.75) is 38.1 Å². The monoisotopic (exact) mass is 473 g/mol. The van der Waals surface area contributed by atoms with E-state index in [0.29, 0.717) is 5.56 Å². The molecule has 0 radical (unpaired) electrons. The quantitative estimate of drug-likeness (QED) is 0.413. The summed E-state index contributed by atoms with van der Waals surface area (Å²) in [4.78, 5) is 43.9. The number of nitrogens with zero attached hydrogens (tertiary/aromatic N) is 1. The average Bonchev–Trinajstić information content (AvgIpc) is 2.86. The van der Waals surface area contributed by atoms with Crippen LogP contribution >= 0.6 is 0 Å². The number of esters is 2. The zero-order valence-electron chi connectivity index (χ0n) is 19.4. The van der Waals surface area contributed by atoms with Gasteiger partial charge < -0.3 is 14.6 Å². The number of benzene rings is 2. The lowest BCUT2D eigenvalue weighted by Gasteiger charge is -2.43. The Morgan fingerprint density at radius 1 is 0.914 bits per heavy atom. The normalized spacial score (nSPS) is 23.9. The number of aliphatic hydroxyl groups is 1. The predicted octanol–water partition coefficient (Wildman–Crippen LogP) is 3.61. The fraction of sp³-hybridized carbons (Fsp3) is 0.286. The van der Waals surface area contributed by atoms with E-state index in [0.717, 1.165) is 11.1 Å². The molecule has 0 bridgehead atoms. The van der Waals surface area contributed by atoms with Gasteiger partial charge in [0.05, 0.1) is 11.5 Å². The minimum atomic E-state index is -1.72. The Balaban J connectivity index is 1.64. The number of pyridine rings is 1.